The largest absolute Gasteiger partial charge is 0.315 e. The van der Waals surface area contributed by atoms with E-state index in [2.05, 4.69) is 24.5 Å². The van der Waals surface area contributed by atoms with Crippen molar-refractivity contribution in [2.75, 3.05) is 19.6 Å². The van der Waals surface area contributed by atoms with Gasteiger partial charge in [-0.3, -0.25) is 0 Å². The summed E-state index contributed by atoms with van der Waals surface area (Å²) in [4.78, 5) is 0. The van der Waals surface area contributed by atoms with E-state index in [1.54, 1.807) is 6.07 Å². The molecular formula is C13H20ClFN2. The molecule has 1 aromatic rings. The van der Waals surface area contributed by atoms with Crippen molar-refractivity contribution in [1.82, 2.24) is 10.6 Å². The molecule has 1 rings (SSSR count). The first-order chi connectivity index (χ1) is 8.11. The second-order valence-electron chi connectivity index (χ2n) is 4.49. The normalized spacial score (nSPS) is 11.1. The van der Waals surface area contributed by atoms with Crippen molar-refractivity contribution in [2.45, 2.75) is 20.4 Å². The fraction of sp³-hybridized carbons (Fsp3) is 0.538. The fourth-order valence-corrected chi connectivity index (χ4v) is 1.67. The number of hydrogen-bond donors (Lipinski definition) is 2. The van der Waals surface area contributed by atoms with Crippen LogP contribution >= 0.6 is 11.6 Å². The molecule has 96 valence electrons. The first-order valence-electron chi connectivity index (χ1n) is 5.95. The Morgan fingerprint density at radius 1 is 1.24 bits per heavy atom. The van der Waals surface area contributed by atoms with Gasteiger partial charge in [-0.05, 0) is 24.1 Å². The van der Waals surface area contributed by atoms with Gasteiger partial charge in [0.05, 0.1) is 5.02 Å². The lowest BCUT2D eigenvalue weighted by molar-refractivity contribution is 0.535. The van der Waals surface area contributed by atoms with Crippen LogP contribution in [0.15, 0.2) is 18.2 Å². The predicted octanol–water partition coefficient (Wildman–Crippen LogP) is 2.81. The molecule has 0 amide bonds. The highest BCUT2D eigenvalue weighted by Gasteiger charge is 2.04. The summed E-state index contributed by atoms with van der Waals surface area (Å²) in [6.45, 7) is 7.72. The van der Waals surface area contributed by atoms with Crippen LogP contribution in [0.1, 0.15) is 19.4 Å². The zero-order valence-electron chi connectivity index (χ0n) is 10.4. The summed E-state index contributed by atoms with van der Waals surface area (Å²) in [5, 5.41) is 6.78. The Morgan fingerprint density at radius 2 is 1.94 bits per heavy atom. The minimum atomic E-state index is -0.358. The molecule has 0 spiro atoms. The third-order valence-electron chi connectivity index (χ3n) is 2.38. The number of hydrogen-bond acceptors (Lipinski definition) is 2. The zero-order chi connectivity index (χ0) is 12.7. The Balaban J connectivity index is 2.20. The van der Waals surface area contributed by atoms with Crippen molar-refractivity contribution >= 4 is 11.6 Å². The lowest BCUT2D eigenvalue weighted by Gasteiger charge is -2.09. The second kappa shape index (κ2) is 7.64. The topological polar surface area (TPSA) is 24.1 Å². The quantitative estimate of drug-likeness (QED) is 0.735. The zero-order valence-corrected chi connectivity index (χ0v) is 11.1. The lowest BCUT2D eigenvalue weighted by Crippen LogP contribution is -2.29. The van der Waals surface area contributed by atoms with E-state index < -0.39 is 0 Å². The van der Waals surface area contributed by atoms with E-state index in [-0.39, 0.29) is 10.8 Å². The molecule has 0 heterocycles. The van der Waals surface area contributed by atoms with Gasteiger partial charge < -0.3 is 10.6 Å². The molecule has 0 atom stereocenters. The maximum absolute atomic E-state index is 13.1. The van der Waals surface area contributed by atoms with E-state index in [0.717, 1.165) is 25.2 Å². The molecule has 2 nitrogen and oxygen atoms in total. The van der Waals surface area contributed by atoms with E-state index in [9.17, 15) is 4.39 Å². The highest BCUT2D eigenvalue weighted by atomic mass is 35.5. The standard InChI is InChI=1S/C13H20ClFN2/c1-10(2)8-16-6-7-17-9-11-4-3-5-12(15)13(11)14/h3-5,10,16-17H,6-9H2,1-2H3. The molecule has 0 fully saturated rings. The predicted molar refractivity (Wildman–Crippen MR) is 70.8 cm³/mol. The number of halogens is 2. The Labute approximate surface area is 108 Å². The minimum absolute atomic E-state index is 0.218. The number of rotatable bonds is 7. The lowest BCUT2D eigenvalue weighted by atomic mass is 10.2. The monoisotopic (exact) mass is 258 g/mol. The molecule has 1 aromatic carbocycles. The molecule has 4 heteroatoms. The number of nitrogens with one attached hydrogen (secondary N) is 2. The molecule has 0 bridgehead atoms. The van der Waals surface area contributed by atoms with Gasteiger partial charge in [0.2, 0.25) is 0 Å². The van der Waals surface area contributed by atoms with Gasteiger partial charge in [0.15, 0.2) is 0 Å². The van der Waals surface area contributed by atoms with E-state index in [0.29, 0.717) is 12.5 Å². The maximum Gasteiger partial charge on any atom is 0.142 e. The summed E-state index contributed by atoms with van der Waals surface area (Å²) in [5.41, 5.74) is 0.801. The van der Waals surface area contributed by atoms with Crippen LogP contribution in [0.4, 0.5) is 4.39 Å². The summed E-state index contributed by atoms with van der Waals surface area (Å²) in [6, 6.07) is 4.88. The highest BCUT2D eigenvalue weighted by Crippen LogP contribution is 2.18. The SMILES string of the molecule is CC(C)CNCCNCc1cccc(F)c1Cl. The van der Waals surface area contributed by atoms with E-state index in [1.807, 2.05) is 6.07 Å². The molecule has 0 radical (unpaired) electrons. The van der Waals surface area contributed by atoms with Gasteiger partial charge >= 0.3 is 0 Å². The van der Waals surface area contributed by atoms with Crippen LogP contribution in [0.2, 0.25) is 5.02 Å². The molecule has 2 N–H and O–H groups in total. The van der Waals surface area contributed by atoms with Crippen LogP contribution in [0.3, 0.4) is 0 Å². The summed E-state index contributed by atoms with van der Waals surface area (Å²) in [5.74, 6) is 0.302. The molecular weight excluding hydrogens is 239 g/mol. The molecule has 0 saturated carbocycles. The first kappa shape index (κ1) is 14.4. The Kier molecular flexibility index (Phi) is 6.48. The molecule has 0 aliphatic carbocycles. The molecule has 17 heavy (non-hydrogen) atoms. The number of benzene rings is 1. The average molecular weight is 259 g/mol. The average Bonchev–Trinajstić information content (AvgIpc) is 2.28. The fourth-order valence-electron chi connectivity index (χ4n) is 1.48. The van der Waals surface area contributed by atoms with Gasteiger partial charge in [-0.15, -0.1) is 0 Å². The summed E-state index contributed by atoms with van der Waals surface area (Å²) in [7, 11) is 0. The molecule has 0 saturated heterocycles. The smallest absolute Gasteiger partial charge is 0.142 e. The van der Waals surface area contributed by atoms with Crippen LogP contribution in [-0.4, -0.2) is 19.6 Å². The van der Waals surface area contributed by atoms with Crippen LogP contribution in [0.5, 0.6) is 0 Å². The Bertz CT molecular complexity index is 342. The van der Waals surface area contributed by atoms with Gasteiger partial charge in [-0.25, -0.2) is 4.39 Å². The van der Waals surface area contributed by atoms with Crippen molar-refractivity contribution in [3.05, 3.63) is 34.6 Å². The van der Waals surface area contributed by atoms with Crippen molar-refractivity contribution in [1.29, 1.82) is 0 Å². The second-order valence-corrected chi connectivity index (χ2v) is 4.87. The molecule has 0 aliphatic heterocycles. The van der Waals surface area contributed by atoms with E-state index >= 15 is 0 Å². The Hall–Kier alpha value is -0.640. The van der Waals surface area contributed by atoms with Gasteiger partial charge in [-0.1, -0.05) is 37.6 Å². The van der Waals surface area contributed by atoms with Crippen molar-refractivity contribution < 1.29 is 4.39 Å². The highest BCUT2D eigenvalue weighted by molar-refractivity contribution is 6.31. The third kappa shape index (κ3) is 5.48. The van der Waals surface area contributed by atoms with Crippen molar-refractivity contribution in [3.8, 4) is 0 Å². The van der Waals surface area contributed by atoms with Gasteiger partial charge in [-0.2, -0.15) is 0 Å². The van der Waals surface area contributed by atoms with E-state index in [4.69, 9.17) is 11.6 Å². The summed E-state index contributed by atoms with van der Waals surface area (Å²) >= 11 is 5.84. The molecule has 0 unspecified atom stereocenters. The van der Waals surface area contributed by atoms with Crippen molar-refractivity contribution in [3.63, 3.8) is 0 Å². The van der Waals surface area contributed by atoms with Gasteiger partial charge in [0, 0.05) is 19.6 Å². The third-order valence-corrected chi connectivity index (χ3v) is 2.80. The van der Waals surface area contributed by atoms with Crippen LogP contribution < -0.4 is 10.6 Å². The minimum Gasteiger partial charge on any atom is -0.315 e. The van der Waals surface area contributed by atoms with Crippen molar-refractivity contribution in [2.24, 2.45) is 5.92 Å². The maximum atomic E-state index is 13.1. The summed E-state index contributed by atoms with van der Waals surface area (Å²) < 4.78 is 13.1. The molecule has 0 aliphatic rings. The molecule has 0 aromatic heterocycles. The van der Waals surface area contributed by atoms with Gasteiger partial charge in [0.1, 0.15) is 5.82 Å². The Morgan fingerprint density at radius 3 is 2.65 bits per heavy atom. The van der Waals surface area contributed by atoms with Crippen LogP contribution in [0.25, 0.3) is 0 Å². The van der Waals surface area contributed by atoms with Crippen LogP contribution in [0, 0.1) is 11.7 Å². The summed E-state index contributed by atoms with van der Waals surface area (Å²) in [6.07, 6.45) is 0. The van der Waals surface area contributed by atoms with Gasteiger partial charge in [0.25, 0.3) is 0 Å². The van der Waals surface area contributed by atoms with E-state index in [1.165, 1.54) is 6.07 Å². The first-order valence-corrected chi connectivity index (χ1v) is 6.33. The van der Waals surface area contributed by atoms with Crippen LogP contribution in [-0.2, 0) is 6.54 Å².